The number of nitrogens with zero attached hydrogens (tertiary/aromatic N) is 1. The highest BCUT2D eigenvalue weighted by Crippen LogP contribution is 2.24. The highest BCUT2D eigenvalue weighted by atomic mass is 35.5. The van der Waals surface area contributed by atoms with Gasteiger partial charge in [-0.1, -0.05) is 79.0 Å². The van der Waals surface area contributed by atoms with Crippen LogP contribution >= 0.6 is 11.6 Å². The van der Waals surface area contributed by atoms with Crippen molar-refractivity contribution in [2.45, 2.75) is 50.7 Å². The highest BCUT2D eigenvalue weighted by molar-refractivity contribution is 6.32. The minimum Gasteiger partial charge on any atom is -0.497 e. The zero-order valence-electron chi connectivity index (χ0n) is 21.1. The van der Waals surface area contributed by atoms with Crippen LogP contribution < -0.4 is 14.8 Å². The quantitative estimate of drug-likeness (QED) is 0.366. The second kappa shape index (κ2) is 13.2. The van der Waals surface area contributed by atoms with E-state index in [1.54, 1.807) is 36.3 Å². The fraction of sp³-hybridized carbons (Fsp3) is 0.333. The maximum Gasteiger partial charge on any atom is 0.261 e. The van der Waals surface area contributed by atoms with Gasteiger partial charge in [0.15, 0.2) is 6.61 Å². The summed E-state index contributed by atoms with van der Waals surface area (Å²) in [5, 5.41) is 3.63. The third kappa shape index (κ3) is 7.49. The lowest BCUT2D eigenvalue weighted by Crippen LogP contribution is -2.53. The van der Waals surface area contributed by atoms with Gasteiger partial charge in [0.1, 0.15) is 17.5 Å². The minimum atomic E-state index is -0.712. The summed E-state index contributed by atoms with van der Waals surface area (Å²) in [6.07, 6.45) is 4.52. The van der Waals surface area contributed by atoms with E-state index in [1.807, 2.05) is 54.6 Å². The molecule has 1 aliphatic carbocycles. The largest absolute Gasteiger partial charge is 0.497 e. The zero-order valence-corrected chi connectivity index (χ0v) is 21.8. The Morgan fingerprint density at radius 3 is 2.41 bits per heavy atom. The van der Waals surface area contributed by atoms with Crippen LogP contribution in [0.4, 0.5) is 0 Å². The van der Waals surface area contributed by atoms with Gasteiger partial charge in [-0.2, -0.15) is 0 Å². The SMILES string of the molecule is COc1cccc(CN(C(=O)COc2ccccc2Cl)[C@@H](Cc2ccccc2)C(=O)NC2CCCC2)c1. The standard InChI is InChI=1S/C30H33ClN2O4/c1-36-25-15-9-12-23(18-25)20-33(29(34)21-37-28-17-8-7-16-26(28)31)27(19-22-10-3-2-4-11-22)30(35)32-24-13-5-6-14-24/h2-4,7-12,15-18,24,27H,5-6,13-14,19-21H2,1H3,(H,32,35)/t27-/m0/s1. The number of rotatable bonds is 11. The van der Waals surface area contributed by atoms with Crippen molar-refractivity contribution in [2.75, 3.05) is 13.7 Å². The molecule has 3 aromatic rings. The third-order valence-corrected chi connectivity index (χ3v) is 6.96. The van der Waals surface area contributed by atoms with E-state index < -0.39 is 6.04 Å². The number of benzene rings is 3. The summed E-state index contributed by atoms with van der Waals surface area (Å²) in [6, 6.07) is 23.8. The molecule has 1 aliphatic rings. The van der Waals surface area contributed by atoms with Crippen molar-refractivity contribution in [3.63, 3.8) is 0 Å². The van der Waals surface area contributed by atoms with E-state index in [1.165, 1.54) is 0 Å². The molecule has 0 unspecified atom stereocenters. The zero-order chi connectivity index (χ0) is 26.0. The van der Waals surface area contributed by atoms with Gasteiger partial charge in [0.2, 0.25) is 5.91 Å². The molecule has 0 aliphatic heterocycles. The van der Waals surface area contributed by atoms with Gasteiger partial charge in [-0.05, 0) is 48.2 Å². The molecule has 3 aromatic carbocycles. The lowest BCUT2D eigenvalue weighted by Gasteiger charge is -2.32. The van der Waals surface area contributed by atoms with Gasteiger partial charge in [0.05, 0.1) is 12.1 Å². The average Bonchev–Trinajstić information content (AvgIpc) is 3.43. The first-order valence-corrected chi connectivity index (χ1v) is 13.1. The predicted octanol–water partition coefficient (Wildman–Crippen LogP) is 5.43. The summed E-state index contributed by atoms with van der Waals surface area (Å²) in [5.41, 5.74) is 1.83. The van der Waals surface area contributed by atoms with Gasteiger partial charge in [0, 0.05) is 19.0 Å². The Morgan fingerprint density at radius 1 is 0.973 bits per heavy atom. The van der Waals surface area contributed by atoms with Gasteiger partial charge in [0.25, 0.3) is 5.91 Å². The Balaban J connectivity index is 1.63. The molecular weight excluding hydrogens is 488 g/mol. The van der Waals surface area contributed by atoms with Crippen LogP contribution in [0.2, 0.25) is 5.02 Å². The van der Waals surface area contributed by atoms with Crippen LogP contribution in [-0.4, -0.2) is 42.5 Å². The molecule has 0 saturated heterocycles. The number of para-hydroxylation sites is 1. The average molecular weight is 521 g/mol. The molecule has 1 atom stereocenters. The summed E-state index contributed by atoms with van der Waals surface area (Å²) in [4.78, 5) is 29.0. The van der Waals surface area contributed by atoms with Gasteiger partial charge < -0.3 is 19.7 Å². The summed E-state index contributed by atoms with van der Waals surface area (Å²) in [7, 11) is 1.60. The third-order valence-electron chi connectivity index (χ3n) is 6.65. The molecule has 0 radical (unpaired) electrons. The molecule has 0 aromatic heterocycles. The van der Waals surface area contributed by atoms with Crippen LogP contribution in [0.5, 0.6) is 11.5 Å². The number of carbonyl (C=O) groups excluding carboxylic acids is 2. The van der Waals surface area contributed by atoms with Crippen molar-refractivity contribution in [3.8, 4) is 11.5 Å². The topological polar surface area (TPSA) is 67.9 Å². The van der Waals surface area contributed by atoms with E-state index in [0.717, 1.165) is 36.8 Å². The molecule has 1 N–H and O–H groups in total. The number of carbonyl (C=O) groups is 2. The number of ether oxygens (including phenoxy) is 2. The molecule has 1 saturated carbocycles. The fourth-order valence-corrected chi connectivity index (χ4v) is 4.86. The first kappa shape index (κ1) is 26.6. The maximum atomic E-state index is 13.7. The molecule has 37 heavy (non-hydrogen) atoms. The van der Waals surface area contributed by atoms with Crippen molar-refractivity contribution in [2.24, 2.45) is 0 Å². The summed E-state index contributed by atoms with van der Waals surface area (Å²) in [6.45, 7) is -0.00674. The van der Waals surface area contributed by atoms with Crippen LogP contribution in [0.3, 0.4) is 0 Å². The van der Waals surface area contributed by atoms with E-state index in [-0.39, 0.29) is 31.0 Å². The van der Waals surface area contributed by atoms with Crippen molar-refractivity contribution in [1.82, 2.24) is 10.2 Å². The van der Waals surface area contributed by atoms with Crippen LogP contribution in [-0.2, 0) is 22.6 Å². The van der Waals surface area contributed by atoms with E-state index in [2.05, 4.69) is 5.32 Å². The molecule has 0 heterocycles. The van der Waals surface area contributed by atoms with Gasteiger partial charge in [-0.3, -0.25) is 9.59 Å². The molecular formula is C30H33ClN2O4. The molecule has 4 rings (SSSR count). The lowest BCUT2D eigenvalue weighted by molar-refractivity contribution is -0.143. The van der Waals surface area contributed by atoms with Crippen LogP contribution in [0.25, 0.3) is 0 Å². The Hall–Kier alpha value is -3.51. The molecule has 6 nitrogen and oxygen atoms in total. The highest BCUT2D eigenvalue weighted by Gasteiger charge is 2.32. The molecule has 0 bridgehead atoms. The molecule has 0 spiro atoms. The Bertz CT molecular complexity index is 1180. The summed E-state index contributed by atoms with van der Waals surface area (Å²) < 4.78 is 11.2. The van der Waals surface area contributed by atoms with E-state index in [0.29, 0.717) is 22.9 Å². The fourth-order valence-electron chi connectivity index (χ4n) is 4.67. The molecule has 7 heteroatoms. The second-order valence-electron chi connectivity index (χ2n) is 9.29. The van der Waals surface area contributed by atoms with Crippen molar-refractivity contribution in [3.05, 3.63) is 95.0 Å². The summed E-state index contributed by atoms with van der Waals surface area (Å²) in [5.74, 6) is 0.663. The number of halogens is 1. The minimum absolute atomic E-state index is 0.138. The predicted molar refractivity (Wildman–Crippen MR) is 145 cm³/mol. The maximum absolute atomic E-state index is 13.7. The lowest BCUT2D eigenvalue weighted by atomic mass is 10.0. The number of nitrogens with one attached hydrogen (secondary N) is 1. The van der Waals surface area contributed by atoms with Crippen molar-refractivity contribution in [1.29, 1.82) is 0 Å². The molecule has 194 valence electrons. The van der Waals surface area contributed by atoms with Crippen LogP contribution in [0.15, 0.2) is 78.9 Å². The number of methoxy groups -OCH3 is 1. The van der Waals surface area contributed by atoms with Crippen LogP contribution in [0.1, 0.15) is 36.8 Å². The second-order valence-corrected chi connectivity index (χ2v) is 9.69. The van der Waals surface area contributed by atoms with Crippen molar-refractivity contribution < 1.29 is 19.1 Å². The molecule has 1 fully saturated rings. The van der Waals surface area contributed by atoms with Gasteiger partial charge in [-0.25, -0.2) is 0 Å². The first-order chi connectivity index (χ1) is 18.0. The van der Waals surface area contributed by atoms with Crippen molar-refractivity contribution >= 4 is 23.4 Å². The van der Waals surface area contributed by atoms with E-state index in [9.17, 15) is 9.59 Å². The van der Waals surface area contributed by atoms with Gasteiger partial charge in [-0.15, -0.1) is 0 Å². The smallest absolute Gasteiger partial charge is 0.261 e. The number of amides is 2. The number of hydrogen-bond donors (Lipinski definition) is 1. The Kier molecular flexibility index (Phi) is 9.44. The normalized spacial score (nSPS) is 14.1. The van der Waals surface area contributed by atoms with Crippen LogP contribution in [0, 0.1) is 0 Å². The van der Waals surface area contributed by atoms with E-state index in [4.69, 9.17) is 21.1 Å². The monoisotopic (exact) mass is 520 g/mol. The molecule has 2 amide bonds. The first-order valence-electron chi connectivity index (χ1n) is 12.7. The number of hydrogen-bond acceptors (Lipinski definition) is 4. The Morgan fingerprint density at radius 2 is 1.68 bits per heavy atom. The van der Waals surface area contributed by atoms with Gasteiger partial charge >= 0.3 is 0 Å². The van der Waals surface area contributed by atoms with E-state index >= 15 is 0 Å². The Labute approximate surface area is 223 Å². The summed E-state index contributed by atoms with van der Waals surface area (Å²) >= 11 is 6.24.